The van der Waals surface area contributed by atoms with Gasteiger partial charge in [0.2, 0.25) is 0 Å². The number of rotatable bonds is 6. The smallest absolute Gasteiger partial charge is 0.412 e. The molecule has 0 aromatic heterocycles. The number of hydrogen-bond donors (Lipinski definition) is 3. The molecule has 2 aromatic rings. The fourth-order valence-corrected chi connectivity index (χ4v) is 3.65. The summed E-state index contributed by atoms with van der Waals surface area (Å²) in [6, 6.07) is 15.9. The quantitative estimate of drug-likeness (QED) is 0.653. The summed E-state index contributed by atoms with van der Waals surface area (Å²) >= 11 is 0. The Kier molecular flexibility index (Phi) is 6.54. The molecule has 0 unspecified atom stereocenters. The summed E-state index contributed by atoms with van der Waals surface area (Å²) in [4.78, 5) is 24.5. The first kappa shape index (κ1) is 21.0. The predicted octanol–water partition coefficient (Wildman–Crippen LogP) is 2.28. The van der Waals surface area contributed by atoms with Gasteiger partial charge in [0, 0.05) is 12.2 Å². The van der Waals surface area contributed by atoms with Crippen LogP contribution in [0, 0.1) is 0 Å². The highest BCUT2D eigenvalue weighted by Crippen LogP contribution is 2.29. The van der Waals surface area contributed by atoms with Gasteiger partial charge in [0.1, 0.15) is 18.0 Å². The Labute approximate surface area is 180 Å². The largest absolute Gasteiger partial charge is 0.497 e. The molecular formula is C22H25N3O6. The van der Waals surface area contributed by atoms with Crippen LogP contribution in [0.15, 0.2) is 54.6 Å². The second-order valence-corrected chi connectivity index (χ2v) is 7.31. The zero-order valence-corrected chi connectivity index (χ0v) is 17.1. The number of fused-ring (bicyclic) bond motifs is 1. The van der Waals surface area contributed by atoms with E-state index in [0.717, 1.165) is 5.56 Å². The number of nitrogens with one attached hydrogen (secondary N) is 3. The average molecular weight is 427 g/mol. The molecule has 2 saturated heterocycles. The van der Waals surface area contributed by atoms with Crippen molar-refractivity contribution in [3.8, 4) is 5.75 Å². The minimum atomic E-state index is -0.597. The topological polar surface area (TPSA) is 107 Å². The zero-order valence-electron chi connectivity index (χ0n) is 17.1. The molecule has 2 fully saturated rings. The van der Waals surface area contributed by atoms with E-state index in [2.05, 4.69) is 16.0 Å². The van der Waals surface area contributed by atoms with Crippen molar-refractivity contribution in [2.24, 2.45) is 0 Å². The number of carbonyl (C=O) groups is 2. The molecule has 0 saturated carbocycles. The summed E-state index contributed by atoms with van der Waals surface area (Å²) in [5.74, 6) is 0.691. The first-order valence-corrected chi connectivity index (χ1v) is 10.1. The zero-order chi connectivity index (χ0) is 21.6. The molecule has 4 rings (SSSR count). The highest BCUT2D eigenvalue weighted by atomic mass is 16.6. The van der Waals surface area contributed by atoms with E-state index in [1.165, 1.54) is 0 Å². The number of anilines is 1. The molecule has 0 bridgehead atoms. The molecule has 0 radical (unpaired) electrons. The molecule has 9 nitrogen and oxygen atoms in total. The molecule has 3 amide bonds. The standard InChI is InChI=1S/C22H25N3O6/c1-28-16-9-7-15(8-10-16)24-22(27)31-18-13-30-19-17(12-29-20(18)19)25-21(26)23-11-14-5-3-2-4-6-14/h2-10,17-20H,11-13H2,1H3,(H,24,27)(H2,23,25,26)/t17-,18-,19-,20+/m0/s1. The van der Waals surface area contributed by atoms with Crippen molar-refractivity contribution < 1.29 is 28.5 Å². The number of carbonyl (C=O) groups excluding carboxylic acids is 2. The van der Waals surface area contributed by atoms with Crippen LogP contribution in [0.1, 0.15) is 5.56 Å². The van der Waals surface area contributed by atoms with Gasteiger partial charge in [-0.05, 0) is 29.8 Å². The van der Waals surface area contributed by atoms with E-state index in [1.807, 2.05) is 30.3 Å². The Balaban J connectivity index is 1.23. The van der Waals surface area contributed by atoms with E-state index in [9.17, 15) is 9.59 Å². The summed E-state index contributed by atoms with van der Waals surface area (Å²) < 4.78 is 22.1. The van der Waals surface area contributed by atoms with Gasteiger partial charge in [0.05, 0.1) is 26.4 Å². The van der Waals surface area contributed by atoms with Crippen LogP contribution in [0.5, 0.6) is 5.75 Å². The molecule has 2 aliphatic rings. The fraction of sp³-hybridized carbons (Fsp3) is 0.364. The maximum absolute atomic E-state index is 12.2. The predicted molar refractivity (Wildman–Crippen MR) is 112 cm³/mol. The van der Waals surface area contributed by atoms with Crippen LogP contribution < -0.4 is 20.7 Å². The lowest BCUT2D eigenvalue weighted by Crippen LogP contribution is -2.48. The van der Waals surface area contributed by atoms with Crippen LogP contribution >= 0.6 is 0 Å². The number of methoxy groups -OCH3 is 1. The summed E-state index contributed by atoms with van der Waals surface area (Å²) in [5.41, 5.74) is 1.59. The van der Waals surface area contributed by atoms with Crippen LogP contribution in [-0.4, -0.2) is 56.8 Å². The van der Waals surface area contributed by atoms with E-state index in [4.69, 9.17) is 18.9 Å². The molecule has 2 aromatic carbocycles. The number of amides is 3. The molecular weight excluding hydrogens is 402 g/mol. The summed E-state index contributed by atoms with van der Waals surface area (Å²) in [6.07, 6.45) is -1.95. The highest BCUT2D eigenvalue weighted by molar-refractivity contribution is 5.84. The third-order valence-electron chi connectivity index (χ3n) is 5.22. The Hall–Kier alpha value is -3.30. The SMILES string of the molecule is COc1ccc(NC(=O)O[C@H]2CO[C@@H]3[C@@H]2OC[C@@H]3NC(=O)NCc2ccccc2)cc1. The molecule has 3 N–H and O–H groups in total. The van der Waals surface area contributed by atoms with Crippen molar-refractivity contribution in [2.75, 3.05) is 25.6 Å². The first-order valence-electron chi connectivity index (χ1n) is 10.1. The van der Waals surface area contributed by atoms with Crippen LogP contribution in [-0.2, 0) is 20.8 Å². The molecule has 2 heterocycles. The number of benzene rings is 2. The lowest BCUT2D eigenvalue weighted by atomic mass is 10.1. The van der Waals surface area contributed by atoms with Crippen LogP contribution in [0.25, 0.3) is 0 Å². The van der Waals surface area contributed by atoms with Gasteiger partial charge in [-0.3, -0.25) is 5.32 Å². The Morgan fingerprint density at radius 2 is 1.74 bits per heavy atom. The van der Waals surface area contributed by atoms with Gasteiger partial charge in [0.25, 0.3) is 0 Å². The van der Waals surface area contributed by atoms with Crippen molar-refractivity contribution in [3.05, 3.63) is 60.2 Å². The van der Waals surface area contributed by atoms with E-state index in [-0.39, 0.29) is 31.4 Å². The van der Waals surface area contributed by atoms with Gasteiger partial charge in [-0.15, -0.1) is 0 Å². The highest BCUT2D eigenvalue weighted by Gasteiger charge is 2.50. The van der Waals surface area contributed by atoms with Crippen LogP contribution in [0.4, 0.5) is 15.3 Å². The molecule has 4 atom stereocenters. The van der Waals surface area contributed by atoms with Crippen LogP contribution in [0.3, 0.4) is 0 Å². The monoisotopic (exact) mass is 427 g/mol. The molecule has 31 heavy (non-hydrogen) atoms. The van der Waals surface area contributed by atoms with Gasteiger partial charge in [0.15, 0.2) is 6.10 Å². The van der Waals surface area contributed by atoms with Gasteiger partial charge < -0.3 is 29.6 Å². The molecule has 9 heteroatoms. The Morgan fingerprint density at radius 1 is 1.00 bits per heavy atom. The van der Waals surface area contributed by atoms with Crippen molar-refractivity contribution in [3.63, 3.8) is 0 Å². The van der Waals surface area contributed by atoms with E-state index < -0.39 is 18.3 Å². The van der Waals surface area contributed by atoms with Crippen molar-refractivity contribution in [1.82, 2.24) is 10.6 Å². The van der Waals surface area contributed by atoms with Gasteiger partial charge in [-0.2, -0.15) is 0 Å². The van der Waals surface area contributed by atoms with E-state index in [0.29, 0.717) is 18.0 Å². The third-order valence-corrected chi connectivity index (χ3v) is 5.22. The molecule has 164 valence electrons. The van der Waals surface area contributed by atoms with Gasteiger partial charge in [-0.1, -0.05) is 30.3 Å². The number of hydrogen-bond acceptors (Lipinski definition) is 6. The normalized spacial score (nSPS) is 24.2. The number of ether oxygens (including phenoxy) is 4. The minimum Gasteiger partial charge on any atom is -0.497 e. The van der Waals surface area contributed by atoms with Crippen molar-refractivity contribution >= 4 is 17.8 Å². The fourth-order valence-electron chi connectivity index (χ4n) is 3.65. The molecule has 0 spiro atoms. The van der Waals surface area contributed by atoms with Crippen molar-refractivity contribution in [2.45, 2.75) is 30.9 Å². The molecule has 0 aliphatic carbocycles. The summed E-state index contributed by atoms with van der Waals surface area (Å²) in [6.45, 7) is 0.912. The molecule has 2 aliphatic heterocycles. The first-order chi connectivity index (χ1) is 15.1. The Morgan fingerprint density at radius 3 is 2.48 bits per heavy atom. The average Bonchev–Trinajstić information content (AvgIpc) is 3.37. The summed E-state index contributed by atoms with van der Waals surface area (Å²) in [5, 5.41) is 8.36. The summed E-state index contributed by atoms with van der Waals surface area (Å²) in [7, 11) is 1.57. The van der Waals surface area contributed by atoms with Crippen molar-refractivity contribution in [1.29, 1.82) is 0 Å². The maximum atomic E-state index is 12.2. The van der Waals surface area contributed by atoms with Gasteiger partial charge in [-0.25, -0.2) is 9.59 Å². The second kappa shape index (κ2) is 9.67. The maximum Gasteiger partial charge on any atom is 0.412 e. The van der Waals surface area contributed by atoms with Gasteiger partial charge >= 0.3 is 12.1 Å². The number of urea groups is 1. The third kappa shape index (κ3) is 5.25. The minimum absolute atomic E-state index is 0.204. The van der Waals surface area contributed by atoms with Crippen LogP contribution in [0.2, 0.25) is 0 Å². The van der Waals surface area contributed by atoms with E-state index in [1.54, 1.807) is 31.4 Å². The lowest BCUT2D eigenvalue weighted by Gasteiger charge is -2.18. The Bertz CT molecular complexity index is 892. The van der Waals surface area contributed by atoms with E-state index >= 15 is 0 Å². The lowest BCUT2D eigenvalue weighted by molar-refractivity contribution is 0.00872. The second-order valence-electron chi connectivity index (χ2n) is 7.31.